The summed E-state index contributed by atoms with van der Waals surface area (Å²) in [6.07, 6.45) is -5.68. The number of aromatic amines is 1. The molecule has 0 spiro atoms. The molecule has 0 aliphatic rings. The summed E-state index contributed by atoms with van der Waals surface area (Å²) in [5, 5.41) is 11.8. The van der Waals surface area contributed by atoms with Crippen LogP contribution < -0.4 is 10.9 Å². The van der Waals surface area contributed by atoms with Crippen molar-refractivity contribution in [3.8, 4) is 0 Å². The molecule has 2 aromatic carbocycles. The number of aromatic nitrogens is 1. The third-order valence-corrected chi connectivity index (χ3v) is 5.07. The zero-order valence-electron chi connectivity index (χ0n) is 16.9. The molecule has 1 aromatic heterocycles. The first kappa shape index (κ1) is 23.1. The Hall–Kier alpha value is -3.62. The summed E-state index contributed by atoms with van der Waals surface area (Å²) >= 11 is 0. The largest absolute Gasteiger partial charge is 0.481 e. The maximum absolute atomic E-state index is 13.0. The summed E-state index contributed by atoms with van der Waals surface area (Å²) in [6.45, 7) is -0.0245. The number of pyridine rings is 1. The number of carboxylic acids is 1. The first-order valence-corrected chi connectivity index (χ1v) is 9.92. The molecule has 0 bridgehead atoms. The Morgan fingerprint density at radius 3 is 2.34 bits per heavy atom. The molecule has 1 heterocycles. The quantitative estimate of drug-likeness (QED) is 0.483. The van der Waals surface area contributed by atoms with E-state index in [4.69, 9.17) is 5.11 Å². The number of carboxylic acid groups (broad SMARTS) is 1. The van der Waals surface area contributed by atoms with Crippen LogP contribution in [0.3, 0.4) is 0 Å². The van der Waals surface area contributed by atoms with E-state index in [0.717, 1.165) is 0 Å². The van der Waals surface area contributed by atoms with Gasteiger partial charge < -0.3 is 15.4 Å². The van der Waals surface area contributed by atoms with Crippen LogP contribution in [0.15, 0.2) is 59.4 Å². The second-order valence-electron chi connectivity index (χ2n) is 7.40. The molecule has 6 nitrogen and oxygen atoms in total. The summed E-state index contributed by atoms with van der Waals surface area (Å²) in [5.74, 6) is -2.07. The van der Waals surface area contributed by atoms with E-state index < -0.39 is 30.4 Å². The summed E-state index contributed by atoms with van der Waals surface area (Å²) < 4.78 is 38.9. The molecule has 32 heavy (non-hydrogen) atoms. The van der Waals surface area contributed by atoms with Crippen LogP contribution in [0, 0.1) is 0 Å². The standard InChI is InChI=1S/C23H21F3N2O4/c24-23(25,26)11-9-18(16-5-7-19-17(13-16)6-8-20(29)28-19)14-1-3-15(4-2-14)22(32)27-12-10-21(30)31/h1-8,13,18H,9-12H2,(H,27,32)(H,28,29)(H,30,31)/t18-/m1/s1. The third kappa shape index (κ3) is 6.19. The van der Waals surface area contributed by atoms with Crippen LogP contribution in [-0.2, 0) is 4.79 Å². The van der Waals surface area contributed by atoms with Crippen molar-refractivity contribution < 1.29 is 27.9 Å². The van der Waals surface area contributed by atoms with Gasteiger partial charge in [-0.1, -0.05) is 18.2 Å². The summed E-state index contributed by atoms with van der Waals surface area (Å²) in [5.41, 5.74) is 1.87. The molecule has 0 saturated carbocycles. The van der Waals surface area contributed by atoms with Gasteiger partial charge in [-0.3, -0.25) is 14.4 Å². The van der Waals surface area contributed by atoms with Crippen LogP contribution in [0.5, 0.6) is 0 Å². The average Bonchev–Trinajstić information content (AvgIpc) is 2.73. The van der Waals surface area contributed by atoms with Crippen molar-refractivity contribution in [3.63, 3.8) is 0 Å². The van der Waals surface area contributed by atoms with E-state index in [1.54, 1.807) is 36.4 Å². The maximum atomic E-state index is 13.0. The number of hydrogen-bond donors (Lipinski definition) is 3. The fourth-order valence-electron chi connectivity index (χ4n) is 3.48. The molecule has 0 radical (unpaired) electrons. The van der Waals surface area contributed by atoms with E-state index in [9.17, 15) is 27.6 Å². The van der Waals surface area contributed by atoms with Crippen LogP contribution in [0.4, 0.5) is 13.2 Å². The molecule has 0 aliphatic carbocycles. The Bertz CT molecular complexity index is 1170. The lowest BCUT2D eigenvalue weighted by molar-refractivity contribution is -0.137. The van der Waals surface area contributed by atoms with Gasteiger partial charge in [0.25, 0.3) is 5.91 Å². The molecule has 3 aromatic rings. The van der Waals surface area contributed by atoms with Crippen molar-refractivity contribution in [1.29, 1.82) is 0 Å². The summed E-state index contributed by atoms with van der Waals surface area (Å²) in [6, 6.07) is 14.3. The van der Waals surface area contributed by atoms with Gasteiger partial charge in [-0.05, 0) is 53.3 Å². The molecular weight excluding hydrogens is 425 g/mol. The number of carbonyl (C=O) groups is 2. The molecule has 0 saturated heterocycles. The molecule has 168 valence electrons. The number of carbonyl (C=O) groups excluding carboxylic acids is 1. The van der Waals surface area contributed by atoms with Gasteiger partial charge >= 0.3 is 12.1 Å². The predicted octanol–water partition coefficient (Wildman–Crippen LogP) is 4.21. The molecule has 0 unspecified atom stereocenters. The van der Waals surface area contributed by atoms with Crippen LogP contribution in [0.25, 0.3) is 10.9 Å². The Morgan fingerprint density at radius 2 is 1.69 bits per heavy atom. The average molecular weight is 446 g/mol. The Labute approximate surface area is 181 Å². The zero-order valence-corrected chi connectivity index (χ0v) is 16.9. The first-order valence-electron chi connectivity index (χ1n) is 9.92. The highest BCUT2D eigenvalue weighted by Crippen LogP contribution is 2.35. The summed E-state index contributed by atoms with van der Waals surface area (Å²) in [4.78, 5) is 36.8. The van der Waals surface area contributed by atoms with Gasteiger partial charge in [0.15, 0.2) is 0 Å². The van der Waals surface area contributed by atoms with Gasteiger partial charge in [0.1, 0.15) is 0 Å². The number of hydrogen-bond acceptors (Lipinski definition) is 3. The highest BCUT2D eigenvalue weighted by Gasteiger charge is 2.29. The highest BCUT2D eigenvalue weighted by molar-refractivity contribution is 5.94. The Kier molecular flexibility index (Phi) is 6.97. The minimum absolute atomic E-state index is 0.0245. The van der Waals surface area contributed by atoms with Gasteiger partial charge in [0.05, 0.1) is 6.42 Å². The lowest BCUT2D eigenvalue weighted by atomic mass is 9.86. The third-order valence-electron chi connectivity index (χ3n) is 5.07. The van der Waals surface area contributed by atoms with E-state index in [-0.39, 0.29) is 30.5 Å². The highest BCUT2D eigenvalue weighted by atomic mass is 19.4. The van der Waals surface area contributed by atoms with E-state index in [1.165, 1.54) is 18.2 Å². The monoisotopic (exact) mass is 446 g/mol. The van der Waals surface area contributed by atoms with Gasteiger partial charge in [-0.2, -0.15) is 13.2 Å². The van der Waals surface area contributed by atoms with E-state index >= 15 is 0 Å². The molecule has 9 heteroatoms. The maximum Gasteiger partial charge on any atom is 0.389 e. The smallest absolute Gasteiger partial charge is 0.389 e. The van der Waals surface area contributed by atoms with Gasteiger partial charge in [0.2, 0.25) is 5.56 Å². The van der Waals surface area contributed by atoms with E-state index in [0.29, 0.717) is 22.0 Å². The summed E-state index contributed by atoms with van der Waals surface area (Å²) in [7, 11) is 0. The first-order chi connectivity index (χ1) is 15.1. The van der Waals surface area contributed by atoms with Crippen LogP contribution >= 0.6 is 0 Å². The second kappa shape index (κ2) is 9.67. The second-order valence-corrected chi connectivity index (χ2v) is 7.40. The number of fused-ring (bicyclic) bond motifs is 1. The Morgan fingerprint density at radius 1 is 1.00 bits per heavy atom. The van der Waals surface area contributed by atoms with Crippen molar-refractivity contribution in [2.24, 2.45) is 0 Å². The molecule has 3 rings (SSSR count). The van der Waals surface area contributed by atoms with Gasteiger partial charge in [0, 0.05) is 36.0 Å². The number of aliphatic carboxylic acids is 1. The molecule has 1 amide bonds. The van der Waals surface area contributed by atoms with E-state index in [2.05, 4.69) is 10.3 Å². The minimum Gasteiger partial charge on any atom is -0.481 e. The van der Waals surface area contributed by atoms with Crippen LogP contribution in [0.2, 0.25) is 0 Å². The predicted molar refractivity (Wildman–Crippen MR) is 113 cm³/mol. The van der Waals surface area contributed by atoms with Crippen molar-refractivity contribution in [2.75, 3.05) is 6.54 Å². The van der Waals surface area contributed by atoms with Crippen molar-refractivity contribution in [1.82, 2.24) is 10.3 Å². The number of amides is 1. The van der Waals surface area contributed by atoms with Crippen LogP contribution in [-0.4, -0.2) is 34.7 Å². The van der Waals surface area contributed by atoms with Crippen molar-refractivity contribution in [2.45, 2.75) is 31.4 Å². The number of benzene rings is 2. The molecular formula is C23H21F3N2O4. The number of halogens is 3. The molecule has 0 fully saturated rings. The van der Waals surface area contributed by atoms with Crippen molar-refractivity contribution in [3.05, 3.63) is 81.6 Å². The molecule has 1 atom stereocenters. The number of H-pyrrole nitrogens is 1. The normalized spacial score (nSPS) is 12.5. The lowest BCUT2D eigenvalue weighted by Gasteiger charge is -2.20. The number of nitrogens with one attached hydrogen (secondary N) is 2. The lowest BCUT2D eigenvalue weighted by Crippen LogP contribution is -2.25. The van der Waals surface area contributed by atoms with Crippen LogP contribution in [0.1, 0.15) is 46.7 Å². The Balaban J connectivity index is 1.87. The molecule has 3 N–H and O–H groups in total. The van der Waals surface area contributed by atoms with Gasteiger partial charge in [-0.25, -0.2) is 0 Å². The topological polar surface area (TPSA) is 99.3 Å². The number of alkyl halides is 3. The zero-order chi connectivity index (χ0) is 23.3. The molecule has 0 aliphatic heterocycles. The van der Waals surface area contributed by atoms with Crippen molar-refractivity contribution >= 4 is 22.8 Å². The fourth-order valence-corrected chi connectivity index (χ4v) is 3.48. The fraction of sp³-hybridized carbons (Fsp3) is 0.261. The number of rotatable bonds is 8. The minimum atomic E-state index is -4.32. The SMILES string of the molecule is O=C(O)CCNC(=O)c1ccc([C@@H](CCC(F)(F)F)c2ccc3[nH]c(=O)ccc3c2)cc1. The van der Waals surface area contributed by atoms with Gasteiger partial charge in [-0.15, -0.1) is 0 Å². The van der Waals surface area contributed by atoms with E-state index in [1.807, 2.05) is 0 Å².